The van der Waals surface area contributed by atoms with Gasteiger partial charge >= 0.3 is 6.09 Å². The predicted octanol–water partition coefficient (Wildman–Crippen LogP) is 5.34. The summed E-state index contributed by atoms with van der Waals surface area (Å²) in [4.78, 5) is 14.3. The monoisotopic (exact) mass is 527 g/mol. The van der Waals surface area contributed by atoms with E-state index in [2.05, 4.69) is 10.2 Å². The van der Waals surface area contributed by atoms with E-state index < -0.39 is 9.84 Å². The molecule has 1 atom stereocenters. The van der Waals surface area contributed by atoms with Crippen LogP contribution >= 0.6 is 0 Å². The summed E-state index contributed by atoms with van der Waals surface area (Å²) in [6.07, 6.45) is 0.0286. The van der Waals surface area contributed by atoms with Crippen LogP contribution in [0.1, 0.15) is 12.0 Å². The van der Waals surface area contributed by atoms with E-state index in [9.17, 15) is 13.2 Å². The topological polar surface area (TPSA) is 102 Å². The fourth-order valence-corrected chi connectivity index (χ4v) is 6.35. The minimum atomic E-state index is -3.89. The number of nitrogens with zero attached hydrogens (tertiary/aromatic N) is 2. The summed E-state index contributed by atoms with van der Waals surface area (Å²) in [5.74, 6) is 0.512. The zero-order chi connectivity index (χ0) is 26.1. The lowest BCUT2D eigenvalue weighted by Gasteiger charge is -2.17. The average Bonchev–Trinajstić information content (AvgIpc) is 3.59. The number of amides is 1. The SMILES string of the molecule is O=C(OCc1ccccc1)N1CCC(Oc2ccc3n[nH]c(S(=O)(=O)c4cccc5ccccc45)c3c2)C1. The zero-order valence-corrected chi connectivity index (χ0v) is 21.2. The highest BCUT2D eigenvalue weighted by Gasteiger charge is 2.29. The molecule has 0 aliphatic carbocycles. The summed E-state index contributed by atoms with van der Waals surface area (Å²) in [6.45, 7) is 1.12. The Morgan fingerprint density at radius 2 is 1.74 bits per heavy atom. The van der Waals surface area contributed by atoms with Gasteiger partial charge in [0.1, 0.15) is 18.5 Å². The number of aromatic amines is 1. The second-order valence-corrected chi connectivity index (χ2v) is 11.1. The van der Waals surface area contributed by atoms with E-state index in [1.807, 2.05) is 54.6 Å². The van der Waals surface area contributed by atoms with Crippen LogP contribution in [-0.4, -0.2) is 48.8 Å². The van der Waals surface area contributed by atoms with E-state index in [1.165, 1.54) is 0 Å². The Balaban J connectivity index is 1.19. The summed E-state index contributed by atoms with van der Waals surface area (Å²) >= 11 is 0. The minimum Gasteiger partial charge on any atom is -0.488 e. The molecule has 9 heteroatoms. The Bertz CT molecular complexity index is 1730. The fourth-order valence-electron chi connectivity index (χ4n) is 4.78. The molecule has 0 spiro atoms. The van der Waals surface area contributed by atoms with Crippen molar-refractivity contribution in [2.75, 3.05) is 13.1 Å². The van der Waals surface area contributed by atoms with Gasteiger partial charge in [0.25, 0.3) is 0 Å². The molecule has 1 fully saturated rings. The highest BCUT2D eigenvalue weighted by atomic mass is 32.2. The lowest BCUT2D eigenvalue weighted by Crippen LogP contribution is -2.31. The van der Waals surface area contributed by atoms with Crippen LogP contribution in [0.25, 0.3) is 21.7 Å². The molecule has 1 unspecified atom stereocenters. The Morgan fingerprint density at radius 1 is 0.947 bits per heavy atom. The quantitative estimate of drug-likeness (QED) is 0.320. The second kappa shape index (κ2) is 9.83. The third-order valence-electron chi connectivity index (χ3n) is 6.71. The molecule has 8 nitrogen and oxygen atoms in total. The normalized spacial score (nSPS) is 15.7. The number of benzene rings is 4. The standard InChI is InChI=1S/C29H25N3O5S/c33-29(36-19-20-7-2-1-3-8-20)32-16-15-23(18-32)37-22-13-14-26-25(17-22)28(31-30-26)38(34,35)27-12-6-10-21-9-4-5-11-24(21)27/h1-14,17,23H,15-16,18-19H2,(H,30,31). The summed E-state index contributed by atoms with van der Waals surface area (Å²) in [7, 11) is -3.89. The first-order valence-corrected chi connectivity index (χ1v) is 13.8. The molecular formula is C29H25N3O5S. The number of nitrogens with one attached hydrogen (secondary N) is 1. The molecular weight excluding hydrogens is 502 g/mol. The van der Waals surface area contributed by atoms with Crippen molar-refractivity contribution in [2.24, 2.45) is 0 Å². The number of carbonyl (C=O) groups excluding carboxylic acids is 1. The van der Waals surface area contributed by atoms with E-state index in [4.69, 9.17) is 9.47 Å². The predicted molar refractivity (Wildman–Crippen MR) is 143 cm³/mol. The number of H-pyrrole nitrogens is 1. The fraction of sp³-hybridized carbons (Fsp3) is 0.172. The van der Waals surface area contributed by atoms with Crippen molar-refractivity contribution in [2.45, 2.75) is 29.1 Å². The van der Waals surface area contributed by atoms with E-state index in [0.29, 0.717) is 41.5 Å². The highest BCUT2D eigenvalue weighted by molar-refractivity contribution is 7.91. The van der Waals surface area contributed by atoms with Crippen molar-refractivity contribution in [3.8, 4) is 5.75 Å². The van der Waals surface area contributed by atoms with Gasteiger partial charge in [-0.25, -0.2) is 13.2 Å². The third-order valence-corrected chi connectivity index (χ3v) is 8.49. The second-order valence-electron chi connectivity index (χ2n) is 9.23. The number of hydrogen-bond donors (Lipinski definition) is 1. The van der Waals surface area contributed by atoms with Gasteiger partial charge in [0.05, 0.1) is 17.0 Å². The van der Waals surface area contributed by atoms with Crippen LogP contribution < -0.4 is 4.74 Å². The van der Waals surface area contributed by atoms with Gasteiger partial charge in [-0.15, -0.1) is 0 Å². The van der Waals surface area contributed by atoms with Crippen molar-refractivity contribution in [1.29, 1.82) is 0 Å². The maximum absolute atomic E-state index is 13.7. The number of aromatic nitrogens is 2. The van der Waals surface area contributed by atoms with Gasteiger partial charge in [-0.1, -0.05) is 66.7 Å². The Kier molecular flexibility index (Phi) is 6.21. The first kappa shape index (κ1) is 24.0. The van der Waals surface area contributed by atoms with Gasteiger partial charge < -0.3 is 14.4 Å². The van der Waals surface area contributed by atoms with Crippen LogP contribution in [0.2, 0.25) is 0 Å². The van der Waals surface area contributed by atoms with Crippen molar-refractivity contribution in [3.63, 3.8) is 0 Å². The highest BCUT2D eigenvalue weighted by Crippen LogP contribution is 2.33. The van der Waals surface area contributed by atoms with Gasteiger partial charge in [-0.2, -0.15) is 5.10 Å². The maximum Gasteiger partial charge on any atom is 0.410 e. The molecule has 38 heavy (non-hydrogen) atoms. The number of carbonyl (C=O) groups is 1. The van der Waals surface area contributed by atoms with E-state index in [1.54, 1.807) is 41.3 Å². The molecule has 1 amide bonds. The summed E-state index contributed by atoms with van der Waals surface area (Å²) < 4.78 is 39.0. The first-order valence-electron chi connectivity index (χ1n) is 12.3. The molecule has 1 aliphatic rings. The molecule has 192 valence electrons. The number of rotatable bonds is 6. The Morgan fingerprint density at radius 3 is 2.61 bits per heavy atom. The molecule has 0 radical (unpaired) electrons. The zero-order valence-electron chi connectivity index (χ0n) is 20.4. The van der Waals surface area contributed by atoms with Crippen LogP contribution in [0.5, 0.6) is 5.75 Å². The van der Waals surface area contributed by atoms with Crippen LogP contribution in [0.15, 0.2) is 101 Å². The first-order chi connectivity index (χ1) is 18.5. The average molecular weight is 528 g/mol. The van der Waals surface area contributed by atoms with Gasteiger partial charge in [0.2, 0.25) is 9.84 Å². The molecule has 0 saturated carbocycles. The van der Waals surface area contributed by atoms with Gasteiger partial charge in [0.15, 0.2) is 5.03 Å². The number of ether oxygens (including phenoxy) is 2. The van der Waals surface area contributed by atoms with E-state index in [-0.39, 0.29) is 28.7 Å². The lowest BCUT2D eigenvalue weighted by atomic mass is 10.1. The van der Waals surface area contributed by atoms with Gasteiger partial charge in [-0.05, 0) is 35.2 Å². The number of likely N-dealkylation sites (tertiary alicyclic amines) is 1. The number of sulfone groups is 1. The van der Waals surface area contributed by atoms with Crippen LogP contribution in [0.4, 0.5) is 4.79 Å². The summed E-state index contributed by atoms with van der Waals surface area (Å²) in [6, 6.07) is 27.3. The molecule has 0 bridgehead atoms. The largest absolute Gasteiger partial charge is 0.488 e. The summed E-state index contributed by atoms with van der Waals surface area (Å²) in [5, 5.41) is 8.90. The Hall–Kier alpha value is -4.37. The molecule has 1 N–H and O–H groups in total. The van der Waals surface area contributed by atoms with Crippen molar-refractivity contribution in [3.05, 3.63) is 96.6 Å². The van der Waals surface area contributed by atoms with Crippen LogP contribution in [0, 0.1) is 0 Å². The number of fused-ring (bicyclic) bond motifs is 2. The van der Waals surface area contributed by atoms with E-state index >= 15 is 0 Å². The molecule has 2 heterocycles. The number of hydrogen-bond acceptors (Lipinski definition) is 6. The summed E-state index contributed by atoms with van der Waals surface area (Å²) in [5.41, 5.74) is 1.45. The molecule has 6 rings (SSSR count). The van der Waals surface area contributed by atoms with Crippen molar-refractivity contribution in [1.82, 2.24) is 15.1 Å². The van der Waals surface area contributed by atoms with Gasteiger partial charge in [-0.3, -0.25) is 5.10 Å². The Labute approximate surface area is 219 Å². The van der Waals surface area contributed by atoms with Crippen LogP contribution in [-0.2, 0) is 21.2 Å². The van der Waals surface area contributed by atoms with Crippen molar-refractivity contribution >= 4 is 37.6 Å². The maximum atomic E-state index is 13.7. The van der Waals surface area contributed by atoms with Crippen LogP contribution in [0.3, 0.4) is 0 Å². The molecule has 1 aromatic heterocycles. The van der Waals surface area contributed by atoms with Gasteiger partial charge in [0, 0.05) is 23.7 Å². The molecule has 4 aromatic carbocycles. The molecule has 1 aliphatic heterocycles. The molecule has 1 saturated heterocycles. The van der Waals surface area contributed by atoms with E-state index in [0.717, 1.165) is 10.9 Å². The smallest absolute Gasteiger partial charge is 0.410 e. The third kappa shape index (κ3) is 4.56. The lowest BCUT2D eigenvalue weighted by molar-refractivity contribution is 0.0991. The minimum absolute atomic E-state index is 0.0202. The molecule has 5 aromatic rings. The van der Waals surface area contributed by atoms with Crippen molar-refractivity contribution < 1.29 is 22.7 Å².